The Labute approximate surface area is 69.1 Å². The summed E-state index contributed by atoms with van der Waals surface area (Å²) in [6.45, 7) is 8.24. The van der Waals surface area contributed by atoms with E-state index in [2.05, 4.69) is 19.2 Å². The molecule has 0 N–H and O–H groups in total. The van der Waals surface area contributed by atoms with Gasteiger partial charge in [-0.1, -0.05) is 30.4 Å². The van der Waals surface area contributed by atoms with E-state index in [1.54, 1.807) is 7.11 Å². The minimum Gasteiger partial charge on any atom is -0.384 e. The zero-order valence-corrected chi connectivity index (χ0v) is 7.18. The molecule has 11 heavy (non-hydrogen) atoms. The fourth-order valence-corrected chi connectivity index (χ4v) is 0.689. The molecule has 0 rings (SSSR count). The monoisotopic (exact) mass is 152 g/mol. The van der Waals surface area contributed by atoms with Crippen LogP contribution >= 0.6 is 0 Å². The summed E-state index contributed by atoms with van der Waals surface area (Å²) in [5, 5.41) is 0. The average Bonchev–Trinajstić information content (AvgIpc) is 1.99. The van der Waals surface area contributed by atoms with E-state index in [9.17, 15) is 0 Å². The summed E-state index contributed by atoms with van der Waals surface area (Å²) >= 11 is 0. The van der Waals surface area contributed by atoms with E-state index in [-0.39, 0.29) is 0 Å². The normalized spacial score (nSPS) is 10.3. The van der Waals surface area contributed by atoms with Crippen molar-refractivity contribution < 1.29 is 4.74 Å². The molecule has 62 valence electrons. The van der Waals surface area contributed by atoms with Crippen molar-refractivity contribution in [3.63, 3.8) is 0 Å². The Hall–Kier alpha value is -0.820. The minimum atomic E-state index is 0.776. The molecule has 0 aliphatic carbocycles. The van der Waals surface area contributed by atoms with Crippen LogP contribution < -0.4 is 0 Å². The quantitative estimate of drug-likeness (QED) is 0.323. The van der Waals surface area contributed by atoms with E-state index >= 15 is 0 Å². The van der Waals surface area contributed by atoms with Crippen LogP contribution in [0.3, 0.4) is 0 Å². The molecule has 0 aromatic carbocycles. The van der Waals surface area contributed by atoms with E-state index < -0.39 is 0 Å². The Kier molecular flexibility index (Phi) is 6.75. The maximum atomic E-state index is 4.88. The third-order valence-corrected chi connectivity index (χ3v) is 1.25. The molecule has 0 atom stereocenters. The molecule has 0 bridgehead atoms. The molecule has 1 nitrogen and oxygen atoms in total. The smallest absolute Gasteiger partial charge is 0.0496 e. The van der Waals surface area contributed by atoms with Gasteiger partial charge in [-0.3, -0.25) is 0 Å². The first-order valence-corrected chi connectivity index (χ1v) is 3.75. The van der Waals surface area contributed by atoms with Gasteiger partial charge in [-0.15, -0.1) is 6.58 Å². The number of hydrogen-bond acceptors (Lipinski definition) is 1. The van der Waals surface area contributed by atoms with E-state index in [0.29, 0.717) is 0 Å². The molecule has 1 heteroatoms. The lowest BCUT2D eigenvalue weighted by atomic mass is 10.2. The van der Waals surface area contributed by atoms with E-state index in [0.717, 1.165) is 25.0 Å². The third kappa shape index (κ3) is 7.07. The first kappa shape index (κ1) is 10.2. The third-order valence-electron chi connectivity index (χ3n) is 1.25. The highest BCUT2D eigenvalue weighted by molar-refractivity contribution is 5.16. The summed E-state index contributed by atoms with van der Waals surface area (Å²) in [6, 6.07) is 0. The summed E-state index contributed by atoms with van der Waals surface area (Å²) in [6.07, 6.45) is 7.75. The molecular weight excluding hydrogens is 136 g/mol. The van der Waals surface area contributed by atoms with Crippen LogP contribution in [-0.2, 0) is 4.74 Å². The molecule has 0 saturated heterocycles. The van der Waals surface area contributed by atoms with Crippen molar-refractivity contribution >= 4 is 0 Å². The molecule has 0 aromatic rings. The summed E-state index contributed by atoms with van der Waals surface area (Å²) < 4.78 is 4.88. The Morgan fingerprint density at radius 1 is 1.55 bits per heavy atom. The van der Waals surface area contributed by atoms with Gasteiger partial charge in [0.2, 0.25) is 0 Å². The lowest BCUT2D eigenvalue weighted by Crippen LogP contribution is -1.83. The van der Waals surface area contributed by atoms with E-state index in [1.165, 1.54) is 0 Å². The van der Waals surface area contributed by atoms with Gasteiger partial charge in [0, 0.05) is 13.7 Å². The number of hydrogen-bond donors (Lipinski definition) is 0. The number of rotatable bonds is 6. The van der Waals surface area contributed by atoms with Crippen molar-refractivity contribution in [2.24, 2.45) is 0 Å². The second-order valence-corrected chi connectivity index (χ2v) is 2.33. The van der Waals surface area contributed by atoms with Crippen molar-refractivity contribution in [2.45, 2.75) is 12.8 Å². The first-order chi connectivity index (χ1) is 5.31. The Bertz CT molecular complexity index is 145. The lowest BCUT2D eigenvalue weighted by molar-refractivity contribution is 0.204. The summed E-state index contributed by atoms with van der Waals surface area (Å²) in [5.74, 6) is 0. The maximum Gasteiger partial charge on any atom is 0.0496 e. The molecular formula is C10H16O. The summed E-state index contributed by atoms with van der Waals surface area (Å²) in [5.41, 5.74) is 1.09. The zero-order chi connectivity index (χ0) is 8.53. The fourth-order valence-electron chi connectivity index (χ4n) is 0.689. The second kappa shape index (κ2) is 7.29. The van der Waals surface area contributed by atoms with Crippen LogP contribution in [-0.4, -0.2) is 13.7 Å². The van der Waals surface area contributed by atoms with Crippen molar-refractivity contribution in [1.82, 2.24) is 0 Å². The Morgan fingerprint density at radius 2 is 2.27 bits per heavy atom. The van der Waals surface area contributed by atoms with Crippen LogP contribution in [0.2, 0.25) is 0 Å². The number of methoxy groups -OCH3 is 1. The number of ether oxygens (including phenoxy) is 1. The van der Waals surface area contributed by atoms with Gasteiger partial charge in [0.25, 0.3) is 0 Å². The van der Waals surface area contributed by atoms with Crippen molar-refractivity contribution in [3.05, 3.63) is 37.0 Å². The lowest BCUT2D eigenvalue weighted by Gasteiger charge is -1.93. The highest BCUT2D eigenvalue weighted by Gasteiger charge is 1.82. The standard InChI is InChI=1S/C10H16O/c1-4-7-10(2)8-5-6-9-11-3/h4-5,8H,1-2,6-7,9H2,3H3/b8-5-. The fraction of sp³-hybridized carbons (Fsp3) is 0.400. The van der Waals surface area contributed by atoms with Crippen LogP contribution in [0.15, 0.2) is 37.0 Å². The molecule has 0 aliphatic rings. The van der Waals surface area contributed by atoms with Gasteiger partial charge in [-0.2, -0.15) is 0 Å². The minimum absolute atomic E-state index is 0.776. The van der Waals surface area contributed by atoms with Crippen LogP contribution in [0, 0.1) is 0 Å². The van der Waals surface area contributed by atoms with Gasteiger partial charge >= 0.3 is 0 Å². The highest BCUT2D eigenvalue weighted by Crippen LogP contribution is 2.00. The van der Waals surface area contributed by atoms with Crippen molar-refractivity contribution in [1.29, 1.82) is 0 Å². The Morgan fingerprint density at radius 3 is 2.82 bits per heavy atom. The molecule has 0 unspecified atom stereocenters. The zero-order valence-electron chi connectivity index (χ0n) is 7.18. The topological polar surface area (TPSA) is 9.23 Å². The van der Waals surface area contributed by atoms with Gasteiger partial charge in [-0.05, 0) is 12.8 Å². The average molecular weight is 152 g/mol. The van der Waals surface area contributed by atoms with Gasteiger partial charge in [0.15, 0.2) is 0 Å². The van der Waals surface area contributed by atoms with Crippen LogP contribution in [0.25, 0.3) is 0 Å². The van der Waals surface area contributed by atoms with Crippen molar-refractivity contribution in [3.8, 4) is 0 Å². The molecule has 0 amide bonds. The SMILES string of the molecule is C=CCC(=C)/C=C\CCOC. The second-order valence-electron chi connectivity index (χ2n) is 2.33. The molecule has 0 saturated carbocycles. The molecule has 0 heterocycles. The first-order valence-electron chi connectivity index (χ1n) is 3.75. The molecule has 0 fully saturated rings. The molecule has 0 spiro atoms. The molecule has 0 aliphatic heterocycles. The molecule has 0 radical (unpaired) electrons. The number of allylic oxidation sites excluding steroid dienone is 3. The maximum absolute atomic E-state index is 4.88. The van der Waals surface area contributed by atoms with Crippen LogP contribution in [0.5, 0.6) is 0 Å². The van der Waals surface area contributed by atoms with Gasteiger partial charge in [-0.25, -0.2) is 0 Å². The van der Waals surface area contributed by atoms with E-state index in [4.69, 9.17) is 4.74 Å². The Balaban J connectivity index is 3.40. The van der Waals surface area contributed by atoms with Gasteiger partial charge < -0.3 is 4.74 Å². The molecule has 0 aromatic heterocycles. The van der Waals surface area contributed by atoms with E-state index in [1.807, 2.05) is 12.2 Å². The largest absolute Gasteiger partial charge is 0.384 e. The summed E-state index contributed by atoms with van der Waals surface area (Å²) in [7, 11) is 1.70. The predicted octanol–water partition coefficient (Wildman–Crippen LogP) is 2.71. The van der Waals surface area contributed by atoms with Crippen molar-refractivity contribution in [2.75, 3.05) is 13.7 Å². The highest BCUT2D eigenvalue weighted by atomic mass is 16.5. The van der Waals surface area contributed by atoms with Crippen LogP contribution in [0.1, 0.15) is 12.8 Å². The predicted molar refractivity (Wildman–Crippen MR) is 49.6 cm³/mol. The van der Waals surface area contributed by atoms with Gasteiger partial charge in [0.1, 0.15) is 0 Å². The van der Waals surface area contributed by atoms with Gasteiger partial charge in [0.05, 0.1) is 0 Å². The van der Waals surface area contributed by atoms with Crippen LogP contribution in [0.4, 0.5) is 0 Å². The summed E-state index contributed by atoms with van der Waals surface area (Å²) in [4.78, 5) is 0.